The van der Waals surface area contributed by atoms with Crippen molar-refractivity contribution in [3.8, 4) is 11.6 Å². The van der Waals surface area contributed by atoms with Crippen molar-refractivity contribution in [1.82, 2.24) is 10.3 Å². The molecule has 3 aromatic rings. The molecule has 0 spiro atoms. The van der Waals surface area contributed by atoms with Crippen LogP contribution >= 0.6 is 0 Å². The Hall–Kier alpha value is -3.38. The molecule has 1 atom stereocenters. The lowest BCUT2D eigenvalue weighted by molar-refractivity contribution is 0.0950. The van der Waals surface area contributed by atoms with Crippen LogP contribution in [0.5, 0.6) is 11.6 Å². The molecule has 154 valence electrons. The van der Waals surface area contributed by atoms with Gasteiger partial charge in [-0.1, -0.05) is 42.5 Å². The fraction of sp³-hybridized carbons (Fsp3) is 0.250. The van der Waals surface area contributed by atoms with Crippen LogP contribution in [-0.2, 0) is 17.9 Å². The van der Waals surface area contributed by atoms with Crippen LogP contribution in [0.4, 0.5) is 0 Å². The number of rotatable bonds is 8. The average molecular weight is 404 g/mol. The van der Waals surface area contributed by atoms with Crippen LogP contribution in [0.25, 0.3) is 0 Å². The maximum Gasteiger partial charge on any atom is 0.253 e. The van der Waals surface area contributed by atoms with Crippen molar-refractivity contribution in [3.63, 3.8) is 0 Å². The molecule has 6 heteroatoms. The smallest absolute Gasteiger partial charge is 0.253 e. The molecule has 1 aromatic heterocycles. The van der Waals surface area contributed by atoms with Crippen LogP contribution in [0, 0.1) is 0 Å². The Morgan fingerprint density at radius 3 is 2.57 bits per heavy atom. The Morgan fingerprint density at radius 2 is 1.87 bits per heavy atom. The first-order valence-electron chi connectivity index (χ1n) is 10.0. The summed E-state index contributed by atoms with van der Waals surface area (Å²) in [6, 6.07) is 21.2. The molecule has 1 unspecified atom stereocenters. The number of nitrogens with zero attached hydrogens (tertiary/aromatic N) is 1. The minimum atomic E-state index is -0.178. The summed E-state index contributed by atoms with van der Waals surface area (Å²) in [7, 11) is 0. The highest BCUT2D eigenvalue weighted by Gasteiger charge is 2.17. The van der Waals surface area contributed by atoms with Crippen molar-refractivity contribution in [2.45, 2.75) is 25.7 Å². The van der Waals surface area contributed by atoms with Crippen LogP contribution in [0.15, 0.2) is 72.9 Å². The van der Waals surface area contributed by atoms with Gasteiger partial charge in [0.25, 0.3) is 5.91 Å². The first-order chi connectivity index (χ1) is 14.8. The van der Waals surface area contributed by atoms with Gasteiger partial charge in [0, 0.05) is 25.2 Å². The van der Waals surface area contributed by atoms with Gasteiger partial charge >= 0.3 is 0 Å². The van der Waals surface area contributed by atoms with Gasteiger partial charge in [0.15, 0.2) is 0 Å². The number of pyridine rings is 1. The van der Waals surface area contributed by atoms with Crippen LogP contribution < -0.4 is 14.8 Å². The first-order valence-corrected chi connectivity index (χ1v) is 10.0. The van der Waals surface area contributed by atoms with E-state index in [4.69, 9.17) is 14.2 Å². The zero-order valence-electron chi connectivity index (χ0n) is 16.6. The molecule has 0 saturated carbocycles. The third kappa shape index (κ3) is 5.58. The molecule has 6 nitrogen and oxygen atoms in total. The summed E-state index contributed by atoms with van der Waals surface area (Å²) < 4.78 is 16.8. The van der Waals surface area contributed by atoms with Gasteiger partial charge in [-0.3, -0.25) is 4.79 Å². The lowest BCUT2D eigenvalue weighted by atomic mass is 10.2. The Bertz CT molecular complexity index is 937. The second kappa shape index (κ2) is 9.89. The maximum absolute atomic E-state index is 12.4. The summed E-state index contributed by atoms with van der Waals surface area (Å²) in [6.45, 7) is 2.25. The van der Waals surface area contributed by atoms with E-state index in [9.17, 15) is 4.79 Å². The number of carbonyl (C=O) groups is 1. The number of hydrogen-bond acceptors (Lipinski definition) is 5. The molecular weight excluding hydrogens is 380 g/mol. The van der Waals surface area contributed by atoms with E-state index < -0.39 is 0 Å². The Morgan fingerprint density at radius 1 is 1.03 bits per heavy atom. The molecule has 1 aliphatic heterocycles. The Labute approximate surface area is 175 Å². The zero-order chi connectivity index (χ0) is 20.6. The lowest BCUT2D eigenvalue weighted by Gasteiger charge is -2.11. The monoisotopic (exact) mass is 404 g/mol. The molecule has 1 fully saturated rings. The van der Waals surface area contributed by atoms with E-state index in [0.29, 0.717) is 37.8 Å². The van der Waals surface area contributed by atoms with E-state index in [1.807, 2.05) is 54.6 Å². The van der Waals surface area contributed by atoms with Gasteiger partial charge in [-0.15, -0.1) is 0 Å². The summed E-state index contributed by atoms with van der Waals surface area (Å²) in [6.07, 6.45) is 2.43. The van der Waals surface area contributed by atoms with Crippen LogP contribution in [-0.4, -0.2) is 30.2 Å². The molecule has 30 heavy (non-hydrogen) atoms. The number of carbonyl (C=O) groups excluding carboxylic acids is 1. The molecule has 1 N–H and O–H groups in total. The lowest BCUT2D eigenvalue weighted by Crippen LogP contribution is -2.23. The molecule has 1 aliphatic rings. The van der Waals surface area contributed by atoms with E-state index in [-0.39, 0.29) is 12.0 Å². The number of nitrogens with one attached hydrogen (secondary N) is 1. The normalized spacial score (nSPS) is 15.5. The van der Waals surface area contributed by atoms with Gasteiger partial charge in [-0.2, -0.15) is 0 Å². The van der Waals surface area contributed by atoms with E-state index in [1.54, 1.807) is 12.1 Å². The van der Waals surface area contributed by atoms with Gasteiger partial charge in [-0.05, 0) is 29.3 Å². The Kier molecular flexibility index (Phi) is 6.57. The van der Waals surface area contributed by atoms with Crippen molar-refractivity contribution in [1.29, 1.82) is 0 Å². The largest absolute Gasteiger partial charge is 0.489 e. The topological polar surface area (TPSA) is 69.7 Å². The van der Waals surface area contributed by atoms with Crippen LogP contribution in [0.2, 0.25) is 0 Å². The summed E-state index contributed by atoms with van der Waals surface area (Å²) in [4.78, 5) is 16.6. The highest BCUT2D eigenvalue weighted by atomic mass is 16.5. The molecule has 2 heterocycles. The third-order valence-corrected chi connectivity index (χ3v) is 4.80. The molecular formula is C24H24N2O4. The van der Waals surface area contributed by atoms with Crippen LogP contribution in [0.3, 0.4) is 0 Å². The van der Waals surface area contributed by atoms with Crippen LogP contribution in [0.1, 0.15) is 27.9 Å². The first kappa shape index (κ1) is 19.9. The third-order valence-electron chi connectivity index (χ3n) is 4.80. The molecule has 0 radical (unpaired) electrons. The highest BCUT2D eigenvalue weighted by Crippen LogP contribution is 2.16. The molecule has 0 aliphatic carbocycles. The molecule has 2 aromatic carbocycles. The summed E-state index contributed by atoms with van der Waals surface area (Å²) in [5, 5.41) is 2.90. The second-order valence-electron chi connectivity index (χ2n) is 7.09. The van der Waals surface area contributed by atoms with Crippen molar-refractivity contribution in [2.24, 2.45) is 0 Å². The van der Waals surface area contributed by atoms with Crippen molar-refractivity contribution >= 4 is 5.91 Å². The predicted octanol–water partition coefficient (Wildman–Crippen LogP) is 3.76. The molecule has 4 rings (SSSR count). The highest BCUT2D eigenvalue weighted by molar-refractivity contribution is 5.93. The number of hydrogen-bond donors (Lipinski definition) is 1. The van der Waals surface area contributed by atoms with E-state index in [1.165, 1.54) is 6.20 Å². The standard InChI is InChI=1S/C24H24N2O4/c27-24(20-8-11-23(25-15-20)30-22-12-13-28-17-22)26-14-18-6-9-21(10-7-18)29-16-19-4-2-1-3-5-19/h1-11,15,22H,12-14,16-17H2,(H,26,27). The molecule has 0 bridgehead atoms. The van der Waals surface area contributed by atoms with E-state index in [0.717, 1.165) is 23.3 Å². The van der Waals surface area contributed by atoms with E-state index in [2.05, 4.69) is 10.3 Å². The van der Waals surface area contributed by atoms with Crippen molar-refractivity contribution in [2.75, 3.05) is 13.2 Å². The number of benzene rings is 2. The quantitative estimate of drug-likeness (QED) is 0.619. The average Bonchev–Trinajstić information content (AvgIpc) is 3.31. The minimum Gasteiger partial charge on any atom is -0.489 e. The number of aromatic nitrogens is 1. The van der Waals surface area contributed by atoms with Gasteiger partial charge in [0.2, 0.25) is 5.88 Å². The molecule has 1 amide bonds. The van der Waals surface area contributed by atoms with Gasteiger partial charge in [0.05, 0.1) is 18.8 Å². The van der Waals surface area contributed by atoms with Gasteiger partial charge in [-0.25, -0.2) is 4.98 Å². The van der Waals surface area contributed by atoms with Crippen molar-refractivity contribution < 1.29 is 19.0 Å². The van der Waals surface area contributed by atoms with Gasteiger partial charge < -0.3 is 19.5 Å². The fourth-order valence-electron chi connectivity index (χ4n) is 3.09. The van der Waals surface area contributed by atoms with Gasteiger partial charge in [0.1, 0.15) is 18.5 Å². The summed E-state index contributed by atoms with van der Waals surface area (Å²) >= 11 is 0. The number of amides is 1. The second-order valence-corrected chi connectivity index (χ2v) is 7.09. The molecule has 1 saturated heterocycles. The number of ether oxygens (including phenoxy) is 3. The SMILES string of the molecule is O=C(NCc1ccc(OCc2ccccc2)cc1)c1ccc(OC2CCOC2)nc1. The summed E-state index contributed by atoms with van der Waals surface area (Å²) in [5.74, 6) is 1.12. The van der Waals surface area contributed by atoms with E-state index >= 15 is 0 Å². The zero-order valence-corrected chi connectivity index (χ0v) is 16.6. The predicted molar refractivity (Wildman–Crippen MR) is 112 cm³/mol. The fourth-order valence-corrected chi connectivity index (χ4v) is 3.09. The summed E-state index contributed by atoms with van der Waals surface area (Å²) in [5.41, 5.74) is 2.60. The Balaban J connectivity index is 1.24. The van der Waals surface area contributed by atoms with Crippen molar-refractivity contribution in [3.05, 3.63) is 89.6 Å². The minimum absolute atomic E-state index is 0.0387. The maximum atomic E-state index is 12.4.